The van der Waals surface area contributed by atoms with Gasteiger partial charge in [0.1, 0.15) is 5.75 Å². The average Bonchev–Trinajstić information content (AvgIpc) is 3.01. The Morgan fingerprint density at radius 3 is 2.46 bits per heavy atom. The lowest BCUT2D eigenvalue weighted by Gasteiger charge is -2.09. The zero-order valence-electron chi connectivity index (χ0n) is 14.2. The van der Waals surface area contributed by atoms with Crippen LogP contribution in [0.3, 0.4) is 0 Å². The number of ketones is 1. The normalized spacial score (nSPS) is 14.8. The van der Waals surface area contributed by atoms with E-state index in [1.165, 1.54) is 0 Å². The van der Waals surface area contributed by atoms with Crippen molar-refractivity contribution in [3.63, 3.8) is 0 Å². The van der Waals surface area contributed by atoms with Crippen molar-refractivity contribution in [3.05, 3.63) is 53.1 Å². The van der Waals surface area contributed by atoms with E-state index in [9.17, 15) is 9.59 Å². The number of hydrogen-bond acceptors (Lipinski definition) is 6. The van der Waals surface area contributed by atoms with E-state index >= 15 is 0 Å². The van der Waals surface area contributed by atoms with Crippen LogP contribution >= 0.6 is 0 Å². The molecular weight excluding hydrogens is 336 g/mol. The van der Waals surface area contributed by atoms with Gasteiger partial charge in [-0.1, -0.05) is 0 Å². The Kier molecular flexibility index (Phi) is 4.48. The van der Waals surface area contributed by atoms with Crippen LogP contribution in [0.15, 0.2) is 36.4 Å². The highest BCUT2D eigenvalue weighted by atomic mass is 16.5. The Balaban J connectivity index is 1.40. The van der Waals surface area contributed by atoms with Crippen molar-refractivity contribution in [1.29, 1.82) is 0 Å². The summed E-state index contributed by atoms with van der Waals surface area (Å²) in [5.74, 6) is 1.14. The zero-order chi connectivity index (χ0) is 17.9. The highest BCUT2D eigenvalue weighted by Gasteiger charge is 2.18. The van der Waals surface area contributed by atoms with Gasteiger partial charge in [-0.25, -0.2) is 4.79 Å². The first kappa shape index (κ1) is 16.4. The zero-order valence-corrected chi connectivity index (χ0v) is 14.2. The monoisotopic (exact) mass is 354 g/mol. The molecule has 0 spiro atoms. The van der Waals surface area contributed by atoms with Crippen molar-refractivity contribution in [2.45, 2.75) is 12.8 Å². The Morgan fingerprint density at radius 2 is 1.58 bits per heavy atom. The van der Waals surface area contributed by atoms with E-state index in [1.807, 2.05) is 0 Å². The summed E-state index contributed by atoms with van der Waals surface area (Å²) in [6.07, 6.45) is 1.56. The van der Waals surface area contributed by atoms with Gasteiger partial charge >= 0.3 is 5.97 Å². The molecule has 2 aliphatic heterocycles. The largest absolute Gasteiger partial charge is 0.493 e. The molecule has 0 bridgehead atoms. The minimum atomic E-state index is -0.526. The molecule has 134 valence electrons. The predicted octanol–water partition coefficient (Wildman–Crippen LogP) is 2.82. The van der Waals surface area contributed by atoms with Gasteiger partial charge in [0.2, 0.25) is 0 Å². The minimum Gasteiger partial charge on any atom is -0.493 e. The summed E-state index contributed by atoms with van der Waals surface area (Å²) in [5.41, 5.74) is 1.82. The van der Waals surface area contributed by atoms with Gasteiger partial charge in [0.25, 0.3) is 0 Å². The molecule has 0 fully saturated rings. The van der Waals surface area contributed by atoms with Crippen LogP contribution in [0, 0.1) is 0 Å². The molecule has 0 atom stereocenters. The van der Waals surface area contributed by atoms with Crippen molar-refractivity contribution < 1.29 is 28.5 Å². The third-order valence-electron chi connectivity index (χ3n) is 4.33. The van der Waals surface area contributed by atoms with Crippen LogP contribution in [0.5, 0.6) is 17.2 Å². The second-order valence-corrected chi connectivity index (χ2v) is 6.13. The van der Waals surface area contributed by atoms with Crippen molar-refractivity contribution in [2.75, 3.05) is 26.4 Å². The quantitative estimate of drug-likeness (QED) is 0.621. The van der Waals surface area contributed by atoms with E-state index < -0.39 is 5.97 Å². The lowest BCUT2D eigenvalue weighted by Crippen LogP contribution is -2.14. The SMILES string of the molecule is O=C(COC(=O)c1ccc2c(c1)CCO2)c1ccc2c(c1)OCCCO2. The van der Waals surface area contributed by atoms with Gasteiger partial charge in [-0.05, 0) is 42.0 Å². The van der Waals surface area contributed by atoms with Crippen LogP contribution in [0.25, 0.3) is 0 Å². The average molecular weight is 354 g/mol. The maximum absolute atomic E-state index is 12.3. The van der Waals surface area contributed by atoms with Crippen LogP contribution in [0.2, 0.25) is 0 Å². The van der Waals surface area contributed by atoms with Crippen LogP contribution in [-0.2, 0) is 11.2 Å². The molecule has 2 heterocycles. The fraction of sp³-hybridized carbons (Fsp3) is 0.300. The molecule has 0 aliphatic carbocycles. The third kappa shape index (κ3) is 3.35. The molecule has 2 aromatic carbocycles. The molecule has 0 saturated carbocycles. The van der Waals surface area contributed by atoms with Gasteiger partial charge in [-0.2, -0.15) is 0 Å². The molecule has 6 heteroatoms. The van der Waals surface area contributed by atoms with E-state index in [-0.39, 0.29) is 12.4 Å². The van der Waals surface area contributed by atoms with E-state index in [0.29, 0.717) is 42.4 Å². The number of esters is 1. The van der Waals surface area contributed by atoms with Gasteiger partial charge in [-0.3, -0.25) is 4.79 Å². The smallest absolute Gasteiger partial charge is 0.338 e. The summed E-state index contributed by atoms with van der Waals surface area (Å²) in [6.45, 7) is 1.42. The summed E-state index contributed by atoms with van der Waals surface area (Å²) in [6, 6.07) is 10.1. The predicted molar refractivity (Wildman–Crippen MR) is 92.3 cm³/mol. The molecule has 2 aromatic rings. The number of carbonyl (C=O) groups excluding carboxylic acids is 2. The van der Waals surface area contributed by atoms with Crippen LogP contribution in [0.1, 0.15) is 32.7 Å². The maximum Gasteiger partial charge on any atom is 0.338 e. The Labute approximate surface area is 150 Å². The first-order valence-electron chi connectivity index (χ1n) is 8.56. The second-order valence-electron chi connectivity index (χ2n) is 6.13. The number of hydrogen-bond donors (Lipinski definition) is 0. The van der Waals surface area contributed by atoms with Gasteiger partial charge in [0.05, 0.1) is 25.4 Å². The van der Waals surface area contributed by atoms with Crippen LogP contribution in [0.4, 0.5) is 0 Å². The topological polar surface area (TPSA) is 71.1 Å². The summed E-state index contributed by atoms with van der Waals surface area (Å²) in [5, 5.41) is 0. The Morgan fingerprint density at radius 1 is 0.846 bits per heavy atom. The molecule has 6 nitrogen and oxygen atoms in total. The van der Waals surface area contributed by atoms with Crippen LogP contribution in [-0.4, -0.2) is 38.2 Å². The molecule has 4 rings (SSSR count). The molecule has 26 heavy (non-hydrogen) atoms. The number of rotatable bonds is 4. The Bertz CT molecular complexity index is 857. The molecular formula is C20H18O6. The van der Waals surface area contributed by atoms with E-state index in [1.54, 1.807) is 36.4 Å². The molecule has 0 saturated heterocycles. The number of Topliss-reactive ketones (excluding diaryl/α,β-unsaturated/α-hetero) is 1. The fourth-order valence-corrected chi connectivity index (χ4v) is 2.95. The number of ether oxygens (including phenoxy) is 4. The summed E-state index contributed by atoms with van der Waals surface area (Å²) < 4.78 is 21.7. The molecule has 0 unspecified atom stereocenters. The summed E-state index contributed by atoms with van der Waals surface area (Å²) in [4.78, 5) is 24.5. The lowest BCUT2D eigenvalue weighted by molar-refractivity contribution is 0.0474. The molecule has 2 aliphatic rings. The minimum absolute atomic E-state index is 0.293. The lowest BCUT2D eigenvalue weighted by atomic mass is 10.1. The fourth-order valence-electron chi connectivity index (χ4n) is 2.95. The number of fused-ring (bicyclic) bond motifs is 2. The van der Waals surface area contributed by atoms with Gasteiger partial charge < -0.3 is 18.9 Å². The number of carbonyl (C=O) groups is 2. The maximum atomic E-state index is 12.3. The molecule has 0 radical (unpaired) electrons. The van der Waals surface area contributed by atoms with Crippen LogP contribution < -0.4 is 14.2 Å². The van der Waals surface area contributed by atoms with Crippen molar-refractivity contribution >= 4 is 11.8 Å². The van der Waals surface area contributed by atoms with E-state index in [4.69, 9.17) is 18.9 Å². The molecule has 0 N–H and O–H groups in total. The molecule has 0 aromatic heterocycles. The highest BCUT2D eigenvalue weighted by Crippen LogP contribution is 2.30. The van der Waals surface area contributed by atoms with Crippen molar-refractivity contribution in [1.82, 2.24) is 0 Å². The molecule has 0 amide bonds. The van der Waals surface area contributed by atoms with E-state index in [0.717, 1.165) is 24.2 Å². The summed E-state index contributed by atoms with van der Waals surface area (Å²) >= 11 is 0. The second kappa shape index (κ2) is 7.07. The van der Waals surface area contributed by atoms with E-state index in [2.05, 4.69) is 0 Å². The first-order valence-corrected chi connectivity index (χ1v) is 8.56. The highest BCUT2D eigenvalue weighted by molar-refractivity contribution is 5.99. The first-order chi connectivity index (χ1) is 12.7. The standard InChI is InChI=1S/C20H18O6/c21-16(13-2-5-18-19(11-13)24-8-1-7-23-18)12-26-20(22)15-3-4-17-14(10-15)6-9-25-17/h2-5,10-11H,1,6-9,12H2. The van der Waals surface area contributed by atoms with Crippen molar-refractivity contribution in [3.8, 4) is 17.2 Å². The van der Waals surface area contributed by atoms with Gasteiger partial charge in [-0.15, -0.1) is 0 Å². The third-order valence-corrected chi connectivity index (χ3v) is 4.33. The summed E-state index contributed by atoms with van der Waals surface area (Å²) in [7, 11) is 0. The van der Waals surface area contributed by atoms with Gasteiger partial charge in [0, 0.05) is 18.4 Å². The van der Waals surface area contributed by atoms with Gasteiger partial charge in [0.15, 0.2) is 23.9 Å². The Hall–Kier alpha value is -3.02. The van der Waals surface area contributed by atoms with Crippen molar-refractivity contribution in [2.24, 2.45) is 0 Å². The number of benzene rings is 2.